The molecule has 6 heteroatoms. The molecule has 6 nitrogen and oxygen atoms in total. The molecule has 0 saturated heterocycles. The van der Waals surface area contributed by atoms with Crippen LogP contribution in [0, 0.1) is 0 Å². The molecule has 0 aromatic rings. The van der Waals surface area contributed by atoms with Crippen LogP contribution in [0.3, 0.4) is 0 Å². The predicted octanol–water partition coefficient (Wildman–Crippen LogP) is -1.72. The van der Waals surface area contributed by atoms with Crippen LogP contribution in [0.25, 0.3) is 0 Å². The Morgan fingerprint density at radius 3 is 2.29 bits per heavy atom. The second kappa shape index (κ2) is 6.09. The summed E-state index contributed by atoms with van der Waals surface area (Å²) < 4.78 is 0. The van der Waals surface area contributed by atoms with Crippen molar-refractivity contribution in [1.29, 1.82) is 0 Å². The van der Waals surface area contributed by atoms with Gasteiger partial charge in [0.1, 0.15) is 11.8 Å². The third-order valence-corrected chi connectivity index (χ3v) is 1.65. The maximum atomic E-state index is 10.8. The highest BCUT2D eigenvalue weighted by Crippen LogP contribution is 1.97. The van der Waals surface area contributed by atoms with Crippen LogP contribution in [0.2, 0.25) is 0 Å². The van der Waals surface area contributed by atoms with Crippen molar-refractivity contribution in [1.82, 2.24) is 5.32 Å². The molecule has 1 atom stereocenters. The maximum Gasteiger partial charge on any atom is 0.240 e. The summed E-state index contributed by atoms with van der Waals surface area (Å²) in [5, 5.41) is 2.33. The van der Waals surface area contributed by atoms with Gasteiger partial charge in [0, 0.05) is 6.42 Å². The van der Waals surface area contributed by atoms with Crippen molar-refractivity contribution in [2.75, 3.05) is 6.54 Å². The van der Waals surface area contributed by atoms with Crippen molar-refractivity contribution in [3.8, 4) is 0 Å². The monoisotopic (exact) mass is 201 g/mol. The Morgan fingerprint density at radius 2 is 1.93 bits per heavy atom. The van der Waals surface area contributed by atoms with Crippen LogP contribution in [0.4, 0.5) is 0 Å². The molecule has 0 spiro atoms. The summed E-state index contributed by atoms with van der Waals surface area (Å²) in [6.45, 7) is 1.20. The predicted molar refractivity (Wildman–Crippen MR) is 50.1 cm³/mol. The molecule has 80 valence electrons. The molecule has 14 heavy (non-hydrogen) atoms. The quantitative estimate of drug-likeness (QED) is 0.474. The van der Waals surface area contributed by atoms with E-state index < -0.39 is 17.9 Å². The Labute approximate surface area is 82.0 Å². The molecule has 0 heterocycles. The molecule has 0 rings (SSSR count). The minimum Gasteiger partial charge on any atom is -0.368 e. The van der Waals surface area contributed by atoms with E-state index in [0.717, 1.165) is 0 Å². The summed E-state index contributed by atoms with van der Waals surface area (Å²) in [6, 6.07) is -0.810. The normalized spacial score (nSPS) is 11.9. The summed E-state index contributed by atoms with van der Waals surface area (Å²) in [4.78, 5) is 32.3. The van der Waals surface area contributed by atoms with Gasteiger partial charge in [0.2, 0.25) is 11.8 Å². The molecular formula is C8H15N3O3. The lowest BCUT2D eigenvalue weighted by atomic mass is 10.1. The highest BCUT2D eigenvalue weighted by molar-refractivity contribution is 5.87. The first-order valence-corrected chi connectivity index (χ1v) is 4.25. The van der Waals surface area contributed by atoms with E-state index in [1.165, 1.54) is 6.92 Å². The fourth-order valence-corrected chi connectivity index (χ4v) is 0.886. The molecule has 5 N–H and O–H groups in total. The van der Waals surface area contributed by atoms with Crippen LogP contribution in [-0.2, 0) is 14.4 Å². The van der Waals surface area contributed by atoms with Gasteiger partial charge in [0.05, 0.1) is 6.54 Å². The SMILES string of the molecule is CC(=O)CCC(NC(=O)CN)C(N)=O. The maximum absolute atomic E-state index is 10.8. The van der Waals surface area contributed by atoms with E-state index in [2.05, 4.69) is 5.32 Å². The summed E-state index contributed by atoms with van der Waals surface area (Å²) in [5.74, 6) is -1.18. The van der Waals surface area contributed by atoms with Gasteiger partial charge < -0.3 is 21.6 Å². The number of nitrogens with two attached hydrogens (primary N) is 2. The second-order valence-corrected chi connectivity index (χ2v) is 2.97. The van der Waals surface area contributed by atoms with Crippen molar-refractivity contribution in [2.24, 2.45) is 11.5 Å². The molecule has 0 aliphatic carbocycles. The van der Waals surface area contributed by atoms with E-state index in [1.54, 1.807) is 0 Å². The second-order valence-electron chi connectivity index (χ2n) is 2.97. The number of hydrogen-bond acceptors (Lipinski definition) is 4. The van der Waals surface area contributed by atoms with Gasteiger partial charge in [-0.1, -0.05) is 0 Å². The molecule has 0 bridgehead atoms. The fraction of sp³-hybridized carbons (Fsp3) is 0.625. The van der Waals surface area contributed by atoms with Crippen molar-refractivity contribution < 1.29 is 14.4 Å². The molecule has 1 unspecified atom stereocenters. The average Bonchev–Trinajstić information content (AvgIpc) is 2.10. The van der Waals surface area contributed by atoms with Gasteiger partial charge in [-0.3, -0.25) is 9.59 Å². The zero-order chi connectivity index (χ0) is 11.1. The molecule has 0 aliphatic rings. The van der Waals surface area contributed by atoms with Gasteiger partial charge in [-0.05, 0) is 13.3 Å². The lowest BCUT2D eigenvalue weighted by molar-refractivity contribution is -0.127. The summed E-state index contributed by atoms with van der Waals surface area (Å²) >= 11 is 0. The van der Waals surface area contributed by atoms with E-state index in [-0.39, 0.29) is 25.2 Å². The lowest BCUT2D eigenvalue weighted by Crippen LogP contribution is -2.46. The Hall–Kier alpha value is -1.43. The van der Waals surface area contributed by atoms with Crippen molar-refractivity contribution in [3.05, 3.63) is 0 Å². The van der Waals surface area contributed by atoms with E-state index in [9.17, 15) is 14.4 Å². The molecule has 0 radical (unpaired) electrons. The van der Waals surface area contributed by atoms with Crippen LogP contribution >= 0.6 is 0 Å². The molecule has 0 aliphatic heterocycles. The average molecular weight is 201 g/mol. The largest absolute Gasteiger partial charge is 0.368 e. The number of rotatable bonds is 6. The van der Waals surface area contributed by atoms with Crippen LogP contribution in [-0.4, -0.2) is 30.2 Å². The van der Waals surface area contributed by atoms with Gasteiger partial charge in [-0.25, -0.2) is 0 Å². The zero-order valence-corrected chi connectivity index (χ0v) is 8.08. The third-order valence-electron chi connectivity index (χ3n) is 1.65. The van der Waals surface area contributed by atoms with Gasteiger partial charge in [0.25, 0.3) is 0 Å². The molecule has 0 fully saturated rings. The van der Waals surface area contributed by atoms with E-state index in [1.807, 2.05) is 0 Å². The Balaban J connectivity index is 4.09. The lowest BCUT2D eigenvalue weighted by Gasteiger charge is -2.13. The minimum absolute atomic E-state index is 0.0572. The third kappa shape index (κ3) is 5.26. The number of hydrogen-bond donors (Lipinski definition) is 3. The number of carbonyl (C=O) groups excluding carboxylic acids is 3. The minimum atomic E-state index is -0.810. The van der Waals surface area contributed by atoms with Gasteiger partial charge in [-0.15, -0.1) is 0 Å². The van der Waals surface area contributed by atoms with Gasteiger partial charge in [0.15, 0.2) is 0 Å². The van der Waals surface area contributed by atoms with Crippen LogP contribution in [0.1, 0.15) is 19.8 Å². The highest BCUT2D eigenvalue weighted by atomic mass is 16.2. The molecule has 0 aromatic carbocycles. The van der Waals surface area contributed by atoms with Crippen molar-refractivity contribution in [3.63, 3.8) is 0 Å². The first-order valence-electron chi connectivity index (χ1n) is 4.25. The van der Waals surface area contributed by atoms with Crippen molar-refractivity contribution in [2.45, 2.75) is 25.8 Å². The van der Waals surface area contributed by atoms with Crippen LogP contribution < -0.4 is 16.8 Å². The summed E-state index contributed by atoms with van der Waals surface area (Å²) in [6.07, 6.45) is 0.425. The summed E-state index contributed by atoms with van der Waals surface area (Å²) in [7, 11) is 0. The first kappa shape index (κ1) is 12.6. The van der Waals surface area contributed by atoms with Crippen molar-refractivity contribution >= 4 is 17.6 Å². The molecule has 0 saturated carbocycles. The standard InChI is InChI=1S/C8H15N3O3/c1-5(12)2-3-6(8(10)14)11-7(13)4-9/h6H,2-4,9H2,1H3,(H2,10,14)(H,11,13). The van der Waals surface area contributed by atoms with E-state index in [4.69, 9.17) is 11.5 Å². The molecule has 2 amide bonds. The van der Waals surface area contributed by atoms with Crippen LogP contribution in [0.15, 0.2) is 0 Å². The topological polar surface area (TPSA) is 115 Å². The van der Waals surface area contributed by atoms with Crippen LogP contribution in [0.5, 0.6) is 0 Å². The number of nitrogens with one attached hydrogen (secondary N) is 1. The number of ketones is 1. The number of carbonyl (C=O) groups is 3. The smallest absolute Gasteiger partial charge is 0.240 e. The molecular weight excluding hydrogens is 186 g/mol. The number of amides is 2. The Kier molecular flexibility index (Phi) is 5.47. The van der Waals surface area contributed by atoms with Gasteiger partial charge >= 0.3 is 0 Å². The van der Waals surface area contributed by atoms with Gasteiger partial charge in [-0.2, -0.15) is 0 Å². The molecule has 0 aromatic heterocycles. The Morgan fingerprint density at radius 1 is 1.36 bits per heavy atom. The number of Topliss-reactive ketones (excluding diaryl/α,β-unsaturated/α-hetero) is 1. The summed E-state index contributed by atoms with van der Waals surface area (Å²) in [5.41, 5.74) is 10.1. The first-order chi connectivity index (χ1) is 6.47. The Bertz CT molecular complexity index is 240. The highest BCUT2D eigenvalue weighted by Gasteiger charge is 2.17. The van der Waals surface area contributed by atoms with E-state index in [0.29, 0.717) is 0 Å². The number of primary amides is 1. The van der Waals surface area contributed by atoms with E-state index >= 15 is 0 Å². The fourth-order valence-electron chi connectivity index (χ4n) is 0.886. The zero-order valence-electron chi connectivity index (χ0n) is 8.08.